The molecule has 4 rings (SSSR count). The number of nitriles is 1. The van der Waals surface area contributed by atoms with Crippen LogP contribution < -0.4 is 10.6 Å². The largest absolute Gasteiger partial charge is 0.441 e. The summed E-state index contributed by atoms with van der Waals surface area (Å²) in [7, 11) is 1.59. The number of hydrogen-bond donors (Lipinski definition) is 2. The topological polar surface area (TPSA) is 148 Å². The van der Waals surface area contributed by atoms with Gasteiger partial charge in [-0.1, -0.05) is 22.9 Å². The Hall–Kier alpha value is -4.11. The van der Waals surface area contributed by atoms with E-state index in [9.17, 15) is 14.0 Å². The van der Waals surface area contributed by atoms with Crippen LogP contribution in [0.5, 0.6) is 0 Å². The van der Waals surface area contributed by atoms with Crippen LogP contribution in [0.15, 0.2) is 36.7 Å². The third-order valence-electron chi connectivity index (χ3n) is 5.54. The van der Waals surface area contributed by atoms with Gasteiger partial charge < -0.3 is 10.1 Å². The zero-order valence-electron chi connectivity index (χ0n) is 18.7. The average Bonchev–Trinajstić information content (AvgIpc) is 3.17. The van der Waals surface area contributed by atoms with Gasteiger partial charge in [0, 0.05) is 37.6 Å². The van der Waals surface area contributed by atoms with Crippen LogP contribution in [0.3, 0.4) is 0 Å². The smallest absolute Gasteiger partial charge is 0.413 e. The van der Waals surface area contributed by atoms with Crippen LogP contribution in [-0.2, 0) is 16.6 Å². The summed E-state index contributed by atoms with van der Waals surface area (Å²) in [5.41, 5.74) is -0.316. The fraction of sp³-hybridized carbons (Fsp3) is 0.318. The minimum Gasteiger partial charge on any atom is -0.441 e. The molecule has 35 heavy (non-hydrogen) atoms. The molecule has 1 fully saturated rings. The normalized spacial score (nSPS) is 19.7. The Morgan fingerprint density at radius 3 is 2.74 bits per heavy atom. The van der Waals surface area contributed by atoms with Crippen molar-refractivity contribution < 1.29 is 18.7 Å². The van der Waals surface area contributed by atoms with Crippen molar-refractivity contribution in [2.45, 2.75) is 31.5 Å². The van der Waals surface area contributed by atoms with Gasteiger partial charge in [-0.25, -0.2) is 18.9 Å². The minimum atomic E-state index is -1.93. The van der Waals surface area contributed by atoms with Gasteiger partial charge in [0.25, 0.3) is 0 Å². The number of amides is 2. The molecule has 1 aliphatic carbocycles. The van der Waals surface area contributed by atoms with E-state index in [2.05, 4.69) is 30.9 Å². The SMILES string of the molecule is C[C@@H](OC(=O)Nc1c(-c2ccc(NC(=O)C3CC(F)(C#N)C3)cn2)nnn1C)c1cccnc1Cl. The molecule has 2 amide bonds. The number of ether oxygens (including phenoxy) is 1. The molecule has 1 atom stereocenters. The molecule has 0 radical (unpaired) electrons. The van der Waals surface area contributed by atoms with Crippen molar-refractivity contribution in [2.24, 2.45) is 13.0 Å². The number of nitrogens with one attached hydrogen (secondary N) is 2. The highest BCUT2D eigenvalue weighted by molar-refractivity contribution is 6.30. The fourth-order valence-electron chi connectivity index (χ4n) is 3.57. The maximum Gasteiger partial charge on any atom is 0.413 e. The fourth-order valence-corrected chi connectivity index (χ4v) is 3.84. The molecule has 0 unspecified atom stereocenters. The van der Waals surface area contributed by atoms with Gasteiger partial charge in [-0.05, 0) is 25.1 Å². The Balaban J connectivity index is 1.41. The van der Waals surface area contributed by atoms with Gasteiger partial charge in [-0.2, -0.15) is 5.26 Å². The highest BCUT2D eigenvalue weighted by Gasteiger charge is 2.48. The molecule has 0 saturated heterocycles. The number of carbonyl (C=O) groups excluding carboxylic acids is 2. The Labute approximate surface area is 204 Å². The summed E-state index contributed by atoms with van der Waals surface area (Å²) in [5.74, 6) is -0.699. The number of pyridine rings is 2. The lowest BCUT2D eigenvalue weighted by Gasteiger charge is -2.34. The second-order valence-corrected chi connectivity index (χ2v) is 8.43. The highest BCUT2D eigenvalue weighted by atomic mass is 35.5. The molecule has 0 aliphatic heterocycles. The molecule has 3 aromatic rings. The second-order valence-electron chi connectivity index (χ2n) is 8.07. The molecule has 3 aromatic heterocycles. The predicted octanol–water partition coefficient (Wildman–Crippen LogP) is 3.82. The first-order valence-corrected chi connectivity index (χ1v) is 10.9. The number of alkyl halides is 1. The summed E-state index contributed by atoms with van der Waals surface area (Å²) < 4.78 is 20.5. The molecule has 3 heterocycles. The molecule has 13 heteroatoms. The van der Waals surface area contributed by atoms with E-state index in [4.69, 9.17) is 21.6 Å². The molecular weight excluding hydrogens is 479 g/mol. The van der Waals surface area contributed by atoms with Crippen molar-refractivity contribution in [2.75, 3.05) is 10.6 Å². The van der Waals surface area contributed by atoms with Crippen LogP contribution in [-0.4, -0.2) is 42.6 Å². The van der Waals surface area contributed by atoms with Crippen LogP contribution in [0.25, 0.3) is 11.4 Å². The van der Waals surface area contributed by atoms with Crippen molar-refractivity contribution in [3.05, 3.63) is 47.4 Å². The van der Waals surface area contributed by atoms with Crippen molar-refractivity contribution in [3.8, 4) is 17.5 Å². The van der Waals surface area contributed by atoms with Crippen LogP contribution in [0.2, 0.25) is 5.15 Å². The van der Waals surface area contributed by atoms with E-state index in [1.165, 1.54) is 17.1 Å². The van der Waals surface area contributed by atoms with Gasteiger partial charge in [0.1, 0.15) is 17.3 Å². The van der Waals surface area contributed by atoms with E-state index in [0.29, 0.717) is 16.9 Å². The standard InChI is InChI=1S/C22H20ClFN8O3/c1-12(15-4-3-7-26-18(15)23)35-21(34)29-19-17(30-31-32(19)2)16-6-5-14(10-27-16)28-20(33)13-8-22(24,9-13)11-25/h3-7,10,12-13H,8-9H2,1-2H3,(H,28,33)(H,29,34)/t12-,13?,22?/m1/s1. The van der Waals surface area contributed by atoms with Crippen LogP contribution in [0, 0.1) is 17.2 Å². The van der Waals surface area contributed by atoms with E-state index in [0.717, 1.165) is 0 Å². The molecular formula is C22H20ClFN8O3. The summed E-state index contributed by atoms with van der Waals surface area (Å²) in [6, 6.07) is 8.14. The van der Waals surface area contributed by atoms with Crippen LogP contribution in [0.4, 0.5) is 20.7 Å². The minimum absolute atomic E-state index is 0.128. The summed E-state index contributed by atoms with van der Waals surface area (Å²) in [6.07, 6.45) is 1.27. The van der Waals surface area contributed by atoms with Crippen molar-refractivity contribution >= 4 is 35.1 Å². The van der Waals surface area contributed by atoms with E-state index in [-0.39, 0.29) is 35.4 Å². The maximum absolute atomic E-state index is 13.7. The molecule has 0 spiro atoms. The van der Waals surface area contributed by atoms with Gasteiger partial charge >= 0.3 is 6.09 Å². The van der Waals surface area contributed by atoms with Gasteiger partial charge in [0.05, 0.1) is 17.6 Å². The number of aromatic nitrogens is 5. The summed E-state index contributed by atoms with van der Waals surface area (Å²) in [5, 5.41) is 22.2. The van der Waals surface area contributed by atoms with E-state index in [1.54, 1.807) is 44.3 Å². The van der Waals surface area contributed by atoms with Gasteiger partial charge in [0.2, 0.25) is 5.91 Å². The van der Waals surface area contributed by atoms with Crippen LogP contribution in [0.1, 0.15) is 31.4 Å². The number of aryl methyl sites for hydroxylation is 1. The third kappa shape index (κ3) is 5.20. The molecule has 0 aromatic carbocycles. The number of nitrogens with zero attached hydrogens (tertiary/aromatic N) is 6. The maximum atomic E-state index is 13.7. The summed E-state index contributed by atoms with van der Waals surface area (Å²) in [4.78, 5) is 33.0. The lowest BCUT2D eigenvalue weighted by atomic mass is 9.72. The van der Waals surface area contributed by atoms with Crippen molar-refractivity contribution in [3.63, 3.8) is 0 Å². The monoisotopic (exact) mass is 498 g/mol. The summed E-state index contributed by atoms with van der Waals surface area (Å²) >= 11 is 6.06. The lowest BCUT2D eigenvalue weighted by molar-refractivity contribution is -0.126. The number of carbonyl (C=O) groups is 2. The lowest BCUT2D eigenvalue weighted by Crippen LogP contribution is -2.44. The molecule has 180 valence electrons. The molecule has 11 nitrogen and oxygen atoms in total. The van der Waals surface area contributed by atoms with E-state index >= 15 is 0 Å². The average molecular weight is 499 g/mol. The molecule has 1 aliphatic rings. The number of halogens is 2. The Bertz CT molecular complexity index is 1300. The van der Waals surface area contributed by atoms with Gasteiger partial charge in [-0.15, -0.1) is 5.10 Å². The first-order valence-electron chi connectivity index (χ1n) is 10.5. The quantitative estimate of drug-likeness (QED) is 0.487. The highest BCUT2D eigenvalue weighted by Crippen LogP contribution is 2.41. The van der Waals surface area contributed by atoms with E-state index < -0.39 is 23.8 Å². The molecule has 0 bridgehead atoms. The Morgan fingerprint density at radius 2 is 2.09 bits per heavy atom. The molecule has 1 saturated carbocycles. The van der Waals surface area contributed by atoms with Crippen LogP contribution >= 0.6 is 11.6 Å². The zero-order valence-corrected chi connectivity index (χ0v) is 19.5. The Morgan fingerprint density at radius 1 is 1.31 bits per heavy atom. The molecule has 2 N–H and O–H groups in total. The van der Waals surface area contributed by atoms with Gasteiger partial charge in [-0.3, -0.25) is 15.1 Å². The second kappa shape index (κ2) is 9.63. The summed E-state index contributed by atoms with van der Waals surface area (Å²) in [6.45, 7) is 1.66. The Kier molecular flexibility index (Phi) is 6.61. The van der Waals surface area contributed by atoms with Crippen molar-refractivity contribution in [1.29, 1.82) is 5.26 Å². The predicted molar refractivity (Wildman–Crippen MR) is 123 cm³/mol. The van der Waals surface area contributed by atoms with Crippen molar-refractivity contribution in [1.82, 2.24) is 25.0 Å². The van der Waals surface area contributed by atoms with E-state index in [1.807, 2.05) is 0 Å². The number of rotatable bonds is 6. The van der Waals surface area contributed by atoms with Gasteiger partial charge in [0.15, 0.2) is 17.2 Å². The number of hydrogen-bond acceptors (Lipinski definition) is 8. The first-order chi connectivity index (χ1) is 16.7. The zero-order chi connectivity index (χ0) is 25.2. The number of anilines is 2. The third-order valence-corrected chi connectivity index (χ3v) is 5.86. The first kappa shape index (κ1) is 24.0.